The summed E-state index contributed by atoms with van der Waals surface area (Å²) in [5.74, 6) is 0.261. The first-order valence-corrected chi connectivity index (χ1v) is 5.50. The minimum Gasteiger partial charge on any atom is -0.396 e. The van der Waals surface area contributed by atoms with Gasteiger partial charge in [-0.1, -0.05) is 27.7 Å². The van der Waals surface area contributed by atoms with E-state index < -0.39 is 0 Å². The number of nitrogens with zero attached hydrogens (tertiary/aromatic N) is 2. The number of aromatic nitrogens is 2. The number of aryl methyl sites for hydroxylation is 1. The summed E-state index contributed by atoms with van der Waals surface area (Å²) < 4.78 is 1.99. The van der Waals surface area contributed by atoms with E-state index in [4.69, 9.17) is 5.11 Å². The van der Waals surface area contributed by atoms with Crippen LogP contribution in [0.4, 0.5) is 0 Å². The second-order valence-corrected chi connectivity index (χ2v) is 5.39. The molecule has 0 spiro atoms. The Bertz CT molecular complexity index is 323. The van der Waals surface area contributed by atoms with E-state index in [-0.39, 0.29) is 17.9 Å². The minimum absolute atomic E-state index is 0.0957. The highest BCUT2D eigenvalue weighted by Gasteiger charge is 2.18. The van der Waals surface area contributed by atoms with Gasteiger partial charge in [-0.25, -0.2) is 0 Å². The molecule has 0 fully saturated rings. The predicted molar refractivity (Wildman–Crippen MR) is 61.9 cm³/mol. The van der Waals surface area contributed by atoms with Crippen LogP contribution in [0.15, 0.2) is 6.07 Å². The van der Waals surface area contributed by atoms with E-state index in [1.807, 2.05) is 11.6 Å². The van der Waals surface area contributed by atoms with Crippen LogP contribution in [0.3, 0.4) is 0 Å². The molecular formula is C12H22N2O. The third-order valence-electron chi connectivity index (χ3n) is 2.55. The molecule has 0 radical (unpaired) electrons. The molecule has 15 heavy (non-hydrogen) atoms. The van der Waals surface area contributed by atoms with Gasteiger partial charge in [-0.3, -0.25) is 4.68 Å². The van der Waals surface area contributed by atoms with Crippen LogP contribution in [-0.4, -0.2) is 21.5 Å². The number of aliphatic hydroxyl groups excluding tert-OH is 1. The van der Waals surface area contributed by atoms with Crippen molar-refractivity contribution in [3.8, 4) is 0 Å². The number of hydrogen-bond acceptors (Lipinski definition) is 2. The molecule has 0 aromatic carbocycles. The molecule has 3 nitrogen and oxygen atoms in total. The van der Waals surface area contributed by atoms with E-state index in [1.165, 1.54) is 5.69 Å². The van der Waals surface area contributed by atoms with E-state index in [0.717, 1.165) is 12.2 Å². The van der Waals surface area contributed by atoms with Gasteiger partial charge in [0, 0.05) is 24.3 Å². The predicted octanol–water partition coefficient (Wildman–Crippen LogP) is 2.12. The van der Waals surface area contributed by atoms with Crippen LogP contribution in [0, 0.1) is 12.8 Å². The molecule has 1 N–H and O–H groups in total. The van der Waals surface area contributed by atoms with Crippen LogP contribution in [-0.2, 0) is 12.0 Å². The standard InChI is InChI=1S/C12H22N2O/c1-9(8-15)7-14-10(2)6-11(13-14)12(3,4)5/h6,9,15H,7-8H2,1-5H3. The Hall–Kier alpha value is -0.830. The zero-order valence-electron chi connectivity index (χ0n) is 10.4. The molecule has 86 valence electrons. The van der Waals surface area contributed by atoms with Crippen LogP contribution in [0.1, 0.15) is 39.1 Å². The SMILES string of the molecule is Cc1cc(C(C)(C)C)nn1CC(C)CO. The van der Waals surface area contributed by atoms with Gasteiger partial charge in [-0.05, 0) is 18.9 Å². The van der Waals surface area contributed by atoms with Gasteiger partial charge >= 0.3 is 0 Å². The fourth-order valence-electron chi connectivity index (χ4n) is 1.41. The summed E-state index contributed by atoms with van der Waals surface area (Å²) in [6.07, 6.45) is 0. The van der Waals surface area contributed by atoms with Crippen LogP contribution < -0.4 is 0 Å². The lowest BCUT2D eigenvalue weighted by atomic mass is 9.92. The van der Waals surface area contributed by atoms with Crippen molar-refractivity contribution in [3.63, 3.8) is 0 Å². The van der Waals surface area contributed by atoms with E-state index >= 15 is 0 Å². The highest BCUT2D eigenvalue weighted by molar-refractivity contribution is 5.16. The monoisotopic (exact) mass is 210 g/mol. The van der Waals surface area contributed by atoms with E-state index in [2.05, 4.69) is 38.9 Å². The first-order chi connectivity index (χ1) is 6.84. The molecule has 1 aromatic rings. The molecule has 1 heterocycles. The Labute approximate surface area is 92.1 Å². The number of aliphatic hydroxyl groups is 1. The summed E-state index contributed by atoms with van der Waals surface area (Å²) in [6.45, 7) is 11.6. The summed E-state index contributed by atoms with van der Waals surface area (Å²) in [7, 11) is 0. The highest BCUT2D eigenvalue weighted by Crippen LogP contribution is 2.21. The van der Waals surface area contributed by atoms with Crippen LogP contribution in [0.5, 0.6) is 0 Å². The smallest absolute Gasteiger partial charge is 0.0680 e. The Morgan fingerprint density at radius 1 is 1.47 bits per heavy atom. The second-order valence-electron chi connectivity index (χ2n) is 5.39. The molecule has 1 rings (SSSR count). The Morgan fingerprint density at radius 3 is 2.47 bits per heavy atom. The van der Waals surface area contributed by atoms with Crippen molar-refractivity contribution >= 4 is 0 Å². The minimum atomic E-state index is 0.0957. The first-order valence-electron chi connectivity index (χ1n) is 5.50. The van der Waals surface area contributed by atoms with E-state index in [0.29, 0.717) is 0 Å². The largest absolute Gasteiger partial charge is 0.396 e. The highest BCUT2D eigenvalue weighted by atomic mass is 16.3. The molecule has 3 heteroatoms. The Kier molecular flexibility index (Phi) is 3.55. The van der Waals surface area contributed by atoms with Gasteiger partial charge in [-0.2, -0.15) is 5.10 Å². The molecule has 0 amide bonds. The van der Waals surface area contributed by atoms with Gasteiger partial charge in [0.05, 0.1) is 5.69 Å². The maximum Gasteiger partial charge on any atom is 0.0680 e. The van der Waals surface area contributed by atoms with Gasteiger partial charge in [0.2, 0.25) is 0 Å². The second kappa shape index (κ2) is 4.35. The quantitative estimate of drug-likeness (QED) is 0.830. The molecule has 0 saturated carbocycles. The van der Waals surface area contributed by atoms with Gasteiger partial charge in [0.25, 0.3) is 0 Å². The number of hydrogen-bond donors (Lipinski definition) is 1. The number of rotatable bonds is 3. The lowest BCUT2D eigenvalue weighted by Gasteiger charge is -2.14. The Morgan fingerprint density at radius 2 is 2.07 bits per heavy atom. The van der Waals surface area contributed by atoms with Crippen molar-refractivity contribution in [2.24, 2.45) is 5.92 Å². The molecule has 0 aliphatic carbocycles. The van der Waals surface area contributed by atoms with Gasteiger partial charge in [0.15, 0.2) is 0 Å². The van der Waals surface area contributed by atoms with Crippen molar-refractivity contribution in [1.82, 2.24) is 9.78 Å². The van der Waals surface area contributed by atoms with Crippen molar-refractivity contribution in [3.05, 3.63) is 17.5 Å². The fraction of sp³-hybridized carbons (Fsp3) is 0.750. The molecule has 1 atom stereocenters. The van der Waals surface area contributed by atoms with Crippen LogP contribution in [0.25, 0.3) is 0 Å². The van der Waals surface area contributed by atoms with Crippen molar-refractivity contribution in [2.45, 2.75) is 46.6 Å². The van der Waals surface area contributed by atoms with E-state index in [1.54, 1.807) is 0 Å². The topological polar surface area (TPSA) is 38.0 Å². The summed E-state index contributed by atoms with van der Waals surface area (Å²) in [4.78, 5) is 0. The summed E-state index contributed by atoms with van der Waals surface area (Å²) >= 11 is 0. The molecule has 0 saturated heterocycles. The third kappa shape index (κ3) is 3.06. The lowest BCUT2D eigenvalue weighted by molar-refractivity contribution is 0.218. The average Bonchev–Trinajstić information content (AvgIpc) is 2.47. The lowest BCUT2D eigenvalue weighted by Crippen LogP contribution is -2.16. The van der Waals surface area contributed by atoms with Crippen LogP contribution >= 0.6 is 0 Å². The van der Waals surface area contributed by atoms with Crippen molar-refractivity contribution in [2.75, 3.05) is 6.61 Å². The van der Waals surface area contributed by atoms with Crippen LogP contribution in [0.2, 0.25) is 0 Å². The summed E-state index contributed by atoms with van der Waals surface area (Å²) in [5.41, 5.74) is 2.38. The molecule has 1 unspecified atom stereocenters. The van der Waals surface area contributed by atoms with E-state index in [9.17, 15) is 0 Å². The molecule has 0 bridgehead atoms. The third-order valence-corrected chi connectivity index (χ3v) is 2.55. The normalized spacial score (nSPS) is 14.3. The molecule has 0 aliphatic rings. The summed E-state index contributed by atoms with van der Waals surface area (Å²) in [5, 5.41) is 13.6. The Balaban J connectivity index is 2.87. The van der Waals surface area contributed by atoms with Gasteiger partial charge in [0.1, 0.15) is 0 Å². The zero-order chi connectivity index (χ0) is 11.6. The van der Waals surface area contributed by atoms with Crippen molar-refractivity contribution in [1.29, 1.82) is 0 Å². The maximum absolute atomic E-state index is 9.01. The molecule has 1 aromatic heterocycles. The average molecular weight is 210 g/mol. The van der Waals surface area contributed by atoms with Gasteiger partial charge in [-0.15, -0.1) is 0 Å². The first kappa shape index (κ1) is 12.2. The fourth-order valence-corrected chi connectivity index (χ4v) is 1.41. The van der Waals surface area contributed by atoms with Gasteiger partial charge < -0.3 is 5.11 Å². The summed E-state index contributed by atoms with van der Waals surface area (Å²) in [6, 6.07) is 2.13. The molecular weight excluding hydrogens is 188 g/mol. The molecule has 0 aliphatic heterocycles. The maximum atomic E-state index is 9.01. The van der Waals surface area contributed by atoms with Crippen molar-refractivity contribution < 1.29 is 5.11 Å². The zero-order valence-corrected chi connectivity index (χ0v) is 10.4.